The number of fused-ring (bicyclic) bond motifs is 1. The number of imidazole rings is 1. The van der Waals surface area contributed by atoms with Crippen molar-refractivity contribution in [1.29, 1.82) is 0 Å². The lowest BCUT2D eigenvalue weighted by molar-refractivity contribution is 0.155. The maximum Gasteiger partial charge on any atom is 0.201 e. The highest BCUT2D eigenvalue weighted by Crippen LogP contribution is 2.30. The molecule has 0 radical (unpaired) electrons. The molecule has 20 heavy (non-hydrogen) atoms. The van der Waals surface area contributed by atoms with Crippen LogP contribution in [0.1, 0.15) is 32.7 Å². The summed E-state index contributed by atoms with van der Waals surface area (Å²) in [4.78, 5) is 4.48. The van der Waals surface area contributed by atoms with Crippen LogP contribution in [-0.2, 0) is 4.74 Å². The van der Waals surface area contributed by atoms with Crippen molar-refractivity contribution in [3.63, 3.8) is 0 Å². The number of aromatic nitrogens is 2. The molecule has 1 aromatic carbocycles. The zero-order valence-corrected chi connectivity index (χ0v) is 12.4. The fourth-order valence-corrected chi connectivity index (χ4v) is 2.39. The first-order chi connectivity index (χ1) is 9.72. The topological polar surface area (TPSA) is 62.3 Å². The molecule has 0 aliphatic heterocycles. The van der Waals surface area contributed by atoms with Gasteiger partial charge in [-0.1, -0.05) is 19.9 Å². The average molecular weight is 277 g/mol. The summed E-state index contributed by atoms with van der Waals surface area (Å²) >= 11 is 0. The highest BCUT2D eigenvalue weighted by Gasteiger charge is 2.18. The van der Waals surface area contributed by atoms with Crippen LogP contribution in [0.25, 0.3) is 11.0 Å². The normalized spacial score (nSPS) is 12.8. The van der Waals surface area contributed by atoms with E-state index >= 15 is 0 Å². The van der Waals surface area contributed by atoms with E-state index < -0.39 is 0 Å². The van der Waals surface area contributed by atoms with E-state index in [0.29, 0.717) is 19.2 Å². The molecule has 0 amide bonds. The Morgan fingerprint density at radius 1 is 1.35 bits per heavy atom. The number of hydrogen-bond acceptors (Lipinski definition) is 4. The Labute approximate surface area is 119 Å². The number of rotatable bonds is 7. The van der Waals surface area contributed by atoms with Crippen LogP contribution in [-0.4, -0.2) is 29.9 Å². The summed E-state index contributed by atoms with van der Waals surface area (Å²) < 4.78 is 13.1. The highest BCUT2D eigenvalue weighted by molar-refractivity contribution is 5.84. The Hall–Kier alpha value is -1.75. The van der Waals surface area contributed by atoms with Crippen molar-refractivity contribution in [3.05, 3.63) is 18.2 Å². The number of benzene rings is 1. The standard InChI is InChI=1S/C15H23N3O2/c1-4-9-20-13-8-6-7-12-14(13)17-15(16)18(12)11(5-2)10-19-3/h6-8,11H,4-5,9-10H2,1-3H3,(H2,16,17). The van der Waals surface area contributed by atoms with E-state index in [-0.39, 0.29) is 6.04 Å². The van der Waals surface area contributed by atoms with Crippen LogP contribution in [0.2, 0.25) is 0 Å². The summed E-state index contributed by atoms with van der Waals surface area (Å²) in [6.45, 7) is 5.50. The van der Waals surface area contributed by atoms with Crippen molar-refractivity contribution in [2.24, 2.45) is 0 Å². The van der Waals surface area contributed by atoms with E-state index in [1.807, 2.05) is 22.8 Å². The number of methoxy groups -OCH3 is 1. The van der Waals surface area contributed by atoms with Gasteiger partial charge in [0.15, 0.2) is 0 Å². The predicted molar refractivity (Wildman–Crippen MR) is 81.1 cm³/mol. The van der Waals surface area contributed by atoms with Crippen LogP contribution in [0.4, 0.5) is 5.95 Å². The van der Waals surface area contributed by atoms with Crippen molar-refractivity contribution in [1.82, 2.24) is 9.55 Å². The maximum atomic E-state index is 6.10. The minimum atomic E-state index is 0.187. The summed E-state index contributed by atoms with van der Waals surface area (Å²) in [5, 5.41) is 0. The lowest BCUT2D eigenvalue weighted by atomic mass is 10.2. The second kappa shape index (κ2) is 6.61. The van der Waals surface area contributed by atoms with Gasteiger partial charge in [0.25, 0.3) is 0 Å². The zero-order chi connectivity index (χ0) is 14.5. The fourth-order valence-electron chi connectivity index (χ4n) is 2.39. The van der Waals surface area contributed by atoms with Crippen molar-refractivity contribution >= 4 is 17.0 Å². The summed E-state index contributed by atoms with van der Waals surface area (Å²) in [6, 6.07) is 6.12. The quantitative estimate of drug-likeness (QED) is 0.845. The van der Waals surface area contributed by atoms with Gasteiger partial charge in [-0.25, -0.2) is 4.98 Å². The van der Waals surface area contributed by atoms with E-state index in [1.54, 1.807) is 7.11 Å². The molecular weight excluding hydrogens is 254 g/mol. The molecule has 0 saturated heterocycles. The molecule has 2 aromatic rings. The minimum absolute atomic E-state index is 0.187. The third-order valence-electron chi connectivity index (χ3n) is 3.37. The van der Waals surface area contributed by atoms with E-state index in [2.05, 4.69) is 18.8 Å². The van der Waals surface area contributed by atoms with Gasteiger partial charge in [0.2, 0.25) is 5.95 Å². The molecule has 0 aliphatic rings. The Bertz CT molecular complexity index is 565. The molecule has 5 nitrogen and oxygen atoms in total. The van der Waals surface area contributed by atoms with Gasteiger partial charge < -0.3 is 19.8 Å². The molecule has 0 bridgehead atoms. The number of nitrogens with two attached hydrogens (primary N) is 1. The second-order valence-electron chi connectivity index (χ2n) is 4.83. The number of para-hydroxylation sites is 1. The number of nitrogens with zero attached hydrogens (tertiary/aromatic N) is 2. The number of ether oxygens (including phenoxy) is 2. The second-order valence-corrected chi connectivity index (χ2v) is 4.83. The first-order valence-electron chi connectivity index (χ1n) is 7.11. The van der Waals surface area contributed by atoms with Crippen LogP contribution >= 0.6 is 0 Å². The monoisotopic (exact) mass is 277 g/mol. The molecule has 0 saturated carbocycles. The summed E-state index contributed by atoms with van der Waals surface area (Å²) in [6.07, 6.45) is 1.90. The molecule has 1 atom stereocenters. The SMILES string of the molecule is CCCOc1cccc2c1nc(N)n2C(CC)COC. The molecule has 1 aromatic heterocycles. The van der Waals surface area contributed by atoms with Gasteiger partial charge >= 0.3 is 0 Å². The fraction of sp³-hybridized carbons (Fsp3) is 0.533. The van der Waals surface area contributed by atoms with Crippen LogP contribution < -0.4 is 10.5 Å². The van der Waals surface area contributed by atoms with Crippen molar-refractivity contribution < 1.29 is 9.47 Å². The van der Waals surface area contributed by atoms with Gasteiger partial charge in [0.1, 0.15) is 11.3 Å². The first-order valence-corrected chi connectivity index (χ1v) is 7.11. The third-order valence-corrected chi connectivity index (χ3v) is 3.37. The predicted octanol–water partition coefficient (Wildman–Crippen LogP) is 3.00. The minimum Gasteiger partial charge on any atom is -0.491 e. The molecule has 2 N–H and O–H groups in total. The maximum absolute atomic E-state index is 6.10. The summed E-state index contributed by atoms with van der Waals surface area (Å²) in [5.74, 6) is 1.30. The Kier molecular flexibility index (Phi) is 4.84. The molecule has 0 aliphatic carbocycles. The smallest absolute Gasteiger partial charge is 0.201 e. The van der Waals surface area contributed by atoms with Crippen LogP contribution in [0.15, 0.2) is 18.2 Å². The molecule has 0 fully saturated rings. The lowest BCUT2D eigenvalue weighted by Crippen LogP contribution is -2.15. The highest BCUT2D eigenvalue weighted by atomic mass is 16.5. The molecule has 110 valence electrons. The molecule has 1 unspecified atom stereocenters. The molecule has 1 heterocycles. The van der Waals surface area contributed by atoms with Gasteiger partial charge in [-0.15, -0.1) is 0 Å². The summed E-state index contributed by atoms with van der Waals surface area (Å²) in [7, 11) is 1.70. The van der Waals surface area contributed by atoms with E-state index in [9.17, 15) is 0 Å². The molecule has 5 heteroatoms. The lowest BCUT2D eigenvalue weighted by Gasteiger charge is -2.18. The summed E-state index contributed by atoms with van der Waals surface area (Å²) in [5.41, 5.74) is 7.93. The largest absolute Gasteiger partial charge is 0.491 e. The average Bonchev–Trinajstić information content (AvgIpc) is 2.79. The van der Waals surface area contributed by atoms with Gasteiger partial charge in [0.05, 0.1) is 24.8 Å². The van der Waals surface area contributed by atoms with Crippen LogP contribution in [0.5, 0.6) is 5.75 Å². The Morgan fingerprint density at radius 2 is 2.15 bits per heavy atom. The Morgan fingerprint density at radius 3 is 2.80 bits per heavy atom. The van der Waals surface area contributed by atoms with E-state index in [4.69, 9.17) is 15.2 Å². The first kappa shape index (κ1) is 14.7. The number of nitrogen functional groups attached to an aromatic ring is 1. The van der Waals surface area contributed by atoms with Gasteiger partial charge in [-0.05, 0) is 25.0 Å². The Balaban J connectivity index is 2.48. The van der Waals surface area contributed by atoms with E-state index in [0.717, 1.165) is 29.6 Å². The van der Waals surface area contributed by atoms with Crippen molar-refractivity contribution in [2.45, 2.75) is 32.7 Å². The van der Waals surface area contributed by atoms with Crippen LogP contribution in [0, 0.1) is 0 Å². The molecular formula is C15H23N3O2. The third kappa shape index (κ3) is 2.72. The number of hydrogen-bond donors (Lipinski definition) is 1. The molecule has 0 spiro atoms. The van der Waals surface area contributed by atoms with Crippen molar-refractivity contribution in [3.8, 4) is 5.75 Å². The molecule has 2 rings (SSSR count). The van der Waals surface area contributed by atoms with E-state index in [1.165, 1.54) is 0 Å². The van der Waals surface area contributed by atoms with Gasteiger partial charge in [-0.2, -0.15) is 0 Å². The van der Waals surface area contributed by atoms with Crippen molar-refractivity contribution in [2.75, 3.05) is 26.1 Å². The zero-order valence-electron chi connectivity index (χ0n) is 12.4. The van der Waals surface area contributed by atoms with Crippen LogP contribution in [0.3, 0.4) is 0 Å². The van der Waals surface area contributed by atoms with Gasteiger partial charge in [0, 0.05) is 7.11 Å². The number of anilines is 1. The van der Waals surface area contributed by atoms with Gasteiger partial charge in [-0.3, -0.25) is 0 Å².